The minimum atomic E-state index is -0.145. The van der Waals surface area contributed by atoms with Gasteiger partial charge in [0.15, 0.2) is 0 Å². The number of carbonyl (C=O) groups is 1. The molecule has 4 rings (SSSR count). The van der Waals surface area contributed by atoms with Crippen LogP contribution in [0.2, 0.25) is 0 Å². The molecule has 2 aromatic heterocycles. The zero-order chi connectivity index (χ0) is 18.6. The molecule has 4 aromatic rings. The van der Waals surface area contributed by atoms with Crippen LogP contribution in [0.4, 0.5) is 5.69 Å². The van der Waals surface area contributed by atoms with Crippen molar-refractivity contribution in [2.24, 2.45) is 0 Å². The molecule has 0 saturated carbocycles. The first-order chi connectivity index (χ1) is 13.2. The Kier molecular flexibility index (Phi) is 4.62. The predicted molar refractivity (Wildman–Crippen MR) is 109 cm³/mol. The highest BCUT2D eigenvalue weighted by molar-refractivity contribution is 6.13. The molecule has 1 amide bonds. The normalized spacial score (nSPS) is 10.7. The number of amides is 1. The smallest absolute Gasteiger partial charge is 0.256 e. The first-order valence-corrected chi connectivity index (χ1v) is 8.95. The van der Waals surface area contributed by atoms with Gasteiger partial charge in [-0.1, -0.05) is 37.3 Å². The van der Waals surface area contributed by atoms with E-state index in [0.717, 1.165) is 34.3 Å². The van der Waals surface area contributed by atoms with Gasteiger partial charge in [0.05, 0.1) is 16.8 Å². The van der Waals surface area contributed by atoms with Gasteiger partial charge in [-0.05, 0) is 48.4 Å². The zero-order valence-corrected chi connectivity index (χ0v) is 15.0. The van der Waals surface area contributed by atoms with E-state index in [1.807, 2.05) is 66.7 Å². The summed E-state index contributed by atoms with van der Waals surface area (Å²) in [4.78, 5) is 21.8. The molecule has 0 unspecified atom stereocenters. The number of anilines is 1. The van der Waals surface area contributed by atoms with Gasteiger partial charge in [0, 0.05) is 29.0 Å². The van der Waals surface area contributed by atoms with Crippen LogP contribution >= 0.6 is 0 Å². The van der Waals surface area contributed by atoms with E-state index < -0.39 is 0 Å². The second kappa shape index (κ2) is 7.38. The highest BCUT2D eigenvalue weighted by Crippen LogP contribution is 2.25. The van der Waals surface area contributed by atoms with Gasteiger partial charge in [-0.3, -0.25) is 9.78 Å². The van der Waals surface area contributed by atoms with E-state index in [9.17, 15) is 4.79 Å². The summed E-state index contributed by atoms with van der Waals surface area (Å²) in [7, 11) is 0. The van der Waals surface area contributed by atoms with Crippen molar-refractivity contribution in [1.29, 1.82) is 0 Å². The van der Waals surface area contributed by atoms with Crippen LogP contribution in [0.5, 0.6) is 0 Å². The van der Waals surface area contributed by atoms with E-state index in [1.54, 1.807) is 12.4 Å². The van der Waals surface area contributed by atoms with E-state index in [-0.39, 0.29) is 5.91 Å². The molecule has 0 aliphatic heterocycles. The number of fused-ring (bicyclic) bond motifs is 1. The van der Waals surface area contributed by atoms with Gasteiger partial charge in [-0.2, -0.15) is 0 Å². The average Bonchev–Trinajstić information content (AvgIpc) is 2.74. The number of nitrogens with one attached hydrogen (secondary N) is 1. The molecule has 0 radical (unpaired) electrons. The molecular weight excluding hydrogens is 334 g/mol. The van der Waals surface area contributed by atoms with Crippen molar-refractivity contribution in [3.8, 4) is 11.3 Å². The lowest BCUT2D eigenvalue weighted by molar-refractivity contribution is 0.102. The summed E-state index contributed by atoms with van der Waals surface area (Å²) in [5.41, 5.74) is 5.09. The van der Waals surface area contributed by atoms with Crippen molar-refractivity contribution < 1.29 is 4.79 Å². The first-order valence-electron chi connectivity index (χ1n) is 8.95. The molecule has 0 spiro atoms. The van der Waals surface area contributed by atoms with Crippen molar-refractivity contribution in [3.63, 3.8) is 0 Å². The molecule has 4 nitrogen and oxygen atoms in total. The van der Waals surface area contributed by atoms with E-state index in [4.69, 9.17) is 4.98 Å². The van der Waals surface area contributed by atoms with Crippen LogP contribution in [0, 0.1) is 0 Å². The van der Waals surface area contributed by atoms with Crippen LogP contribution in [-0.2, 0) is 6.42 Å². The van der Waals surface area contributed by atoms with Gasteiger partial charge in [0.2, 0.25) is 0 Å². The summed E-state index contributed by atoms with van der Waals surface area (Å²) >= 11 is 0. The molecular formula is C23H19N3O. The van der Waals surface area contributed by atoms with E-state index >= 15 is 0 Å². The van der Waals surface area contributed by atoms with Crippen LogP contribution in [0.3, 0.4) is 0 Å². The van der Waals surface area contributed by atoms with Crippen LogP contribution in [0.25, 0.3) is 22.2 Å². The Balaban J connectivity index is 1.75. The lowest BCUT2D eigenvalue weighted by Crippen LogP contribution is -2.13. The van der Waals surface area contributed by atoms with Gasteiger partial charge in [-0.25, -0.2) is 4.98 Å². The molecule has 0 aliphatic carbocycles. The van der Waals surface area contributed by atoms with Gasteiger partial charge in [0.1, 0.15) is 0 Å². The number of pyridine rings is 2. The van der Waals surface area contributed by atoms with Crippen LogP contribution in [0.1, 0.15) is 22.8 Å². The maximum absolute atomic E-state index is 13.0. The number of para-hydroxylation sites is 1. The zero-order valence-electron chi connectivity index (χ0n) is 15.0. The van der Waals surface area contributed by atoms with Gasteiger partial charge in [0.25, 0.3) is 5.91 Å². The second-order valence-electron chi connectivity index (χ2n) is 6.31. The maximum atomic E-state index is 13.0. The van der Waals surface area contributed by atoms with Crippen LogP contribution in [-0.4, -0.2) is 15.9 Å². The lowest BCUT2D eigenvalue weighted by Gasteiger charge is -2.11. The molecule has 0 fully saturated rings. The Morgan fingerprint density at radius 1 is 0.963 bits per heavy atom. The number of benzene rings is 2. The minimum Gasteiger partial charge on any atom is -0.322 e. The summed E-state index contributed by atoms with van der Waals surface area (Å²) in [6.07, 6.45) is 4.42. The molecule has 132 valence electrons. The van der Waals surface area contributed by atoms with Crippen molar-refractivity contribution in [2.45, 2.75) is 13.3 Å². The minimum absolute atomic E-state index is 0.145. The fraction of sp³-hybridized carbons (Fsp3) is 0.0870. The van der Waals surface area contributed by atoms with E-state index in [1.165, 1.54) is 5.56 Å². The van der Waals surface area contributed by atoms with E-state index in [2.05, 4.69) is 17.2 Å². The summed E-state index contributed by atoms with van der Waals surface area (Å²) in [6.45, 7) is 2.11. The average molecular weight is 353 g/mol. The number of nitrogens with zero attached hydrogens (tertiary/aromatic N) is 2. The third kappa shape index (κ3) is 3.55. The number of carbonyl (C=O) groups excluding carboxylic acids is 1. The topological polar surface area (TPSA) is 54.9 Å². The number of hydrogen-bond donors (Lipinski definition) is 1. The summed E-state index contributed by atoms with van der Waals surface area (Å²) in [5, 5.41) is 3.83. The SMILES string of the molecule is CCc1ccc(NC(=O)c2cc(-c3ccncc3)nc3ccccc23)cc1. The Morgan fingerprint density at radius 2 is 1.70 bits per heavy atom. The molecule has 1 N–H and O–H groups in total. The largest absolute Gasteiger partial charge is 0.322 e. The third-order valence-corrected chi connectivity index (χ3v) is 4.56. The van der Waals surface area contributed by atoms with Crippen LogP contribution in [0.15, 0.2) is 79.1 Å². The monoisotopic (exact) mass is 353 g/mol. The Labute approximate surface area is 157 Å². The predicted octanol–water partition coefficient (Wildman–Crippen LogP) is 5.11. The van der Waals surface area contributed by atoms with Gasteiger partial charge in [-0.15, -0.1) is 0 Å². The van der Waals surface area contributed by atoms with E-state index in [0.29, 0.717) is 5.56 Å². The standard InChI is InChI=1S/C23H19N3O/c1-2-16-7-9-18(10-8-16)25-23(27)20-15-22(17-11-13-24-14-12-17)26-21-6-4-3-5-19(20)21/h3-15H,2H2,1H3,(H,25,27). The quantitative estimate of drug-likeness (QED) is 0.554. The highest BCUT2D eigenvalue weighted by Gasteiger charge is 2.14. The lowest BCUT2D eigenvalue weighted by atomic mass is 10.0. The molecule has 27 heavy (non-hydrogen) atoms. The molecule has 0 atom stereocenters. The summed E-state index contributed by atoms with van der Waals surface area (Å²) in [6, 6.07) is 21.2. The molecule has 2 aromatic carbocycles. The molecule has 0 aliphatic rings. The molecule has 2 heterocycles. The fourth-order valence-electron chi connectivity index (χ4n) is 3.06. The van der Waals surface area contributed by atoms with Crippen molar-refractivity contribution >= 4 is 22.5 Å². The Hall–Kier alpha value is -3.53. The van der Waals surface area contributed by atoms with Crippen molar-refractivity contribution in [1.82, 2.24) is 9.97 Å². The van der Waals surface area contributed by atoms with Gasteiger partial charge < -0.3 is 5.32 Å². The number of aromatic nitrogens is 2. The molecule has 0 bridgehead atoms. The summed E-state index contributed by atoms with van der Waals surface area (Å²) in [5.74, 6) is -0.145. The Bertz CT molecular complexity index is 1090. The van der Waals surface area contributed by atoms with Crippen molar-refractivity contribution in [3.05, 3.63) is 90.3 Å². The summed E-state index contributed by atoms with van der Waals surface area (Å²) < 4.78 is 0. The molecule has 4 heteroatoms. The third-order valence-electron chi connectivity index (χ3n) is 4.56. The van der Waals surface area contributed by atoms with Crippen molar-refractivity contribution in [2.75, 3.05) is 5.32 Å². The highest BCUT2D eigenvalue weighted by atomic mass is 16.1. The first kappa shape index (κ1) is 16.9. The maximum Gasteiger partial charge on any atom is 0.256 e. The second-order valence-corrected chi connectivity index (χ2v) is 6.31. The number of hydrogen-bond acceptors (Lipinski definition) is 3. The number of rotatable bonds is 4. The number of aryl methyl sites for hydroxylation is 1. The Morgan fingerprint density at radius 3 is 2.44 bits per heavy atom. The van der Waals surface area contributed by atoms with Gasteiger partial charge >= 0.3 is 0 Å². The fourth-order valence-corrected chi connectivity index (χ4v) is 3.06. The van der Waals surface area contributed by atoms with Crippen LogP contribution < -0.4 is 5.32 Å². The molecule has 0 saturated heterocycles.